The number of nitrogens with zero attached hydrogens (tertiary/aromatic N) is 2. The van der Waals surface area contributed by atoms with Crippen LogP contribution in [0.4, 0.5) is 0 Å². The highest BCUT2D eigenvalue weighted by molar-refractivity contribution is 7.99. The highest BCUT2D eigenvalue weighted by Gasteiger charge is 2.30. The number of piperazine rings is 1. The van der Waals surface area contributed by atoms with Crippen molar-refractivity contribution >= 4 is 27.9 Å². The largest absolute Gasteiger partial charge is 0.339 e. The summed E-state index contributed by atoms with van der Waals surface area (Å²) in [5.41, 5.74) is 0. The van der Waals surface area contributed by atoms with Crippen molar-refractivity contribution < 1.29 is 13.2 Å². The van der Waals surface area contributed by atoms with Gasteiger partial charge in [-0.15, -0.1) is 0 Å². The van der Waals surface area contributed by atoms with E-state index in [1.165, 1.54) is 4.31 Å². The summed E-state index contributed by atoms with van der Waals surface area (Å²) in [5.74, 6) is 1.88. The summed E-state index contributed by atoms with van der Waals surface area (Å²) in [5, 5.41) is 8.24. The molecule has 1 unspecified atom stereocenters. The molecule has 2 saturated heterocycles. The quantitative estimate of drug-likeness (QED) is 0.616. The highest BCUT2D eigenvalue weighted by Crippen LogP contribution is 2.12. The topological polar surface area (TPSA) is 95.7 Å². The van der Waals surface area contributed by atoms with Crippen LogP contribution in [0.25, 0.3) is 0 Å². The van der Waals surface area contributed by atoms with Gasteiger partial charge in [0.05, 0.1) is 6.04 Å². The van der Waals surface area contributed by atoms with Crippen LogP contribution in [0, 0.1) is 0 Å². The Labute approximate surface area is 111 Å². The lowest BCUT2D eigenvalue weighted by atomic mass is 10.2. The van der Waals surface area contributed by atoms with Gasteiger partial charge in [-0.3, -0.25) is 4.79 Å². The minimum Gasteiger partial charge on any atom is -0.339 e. The lowest BCUT2D eigenvalue weighted by molar-refractivity contribution is -0.134. The summed E-state index contributed by atoms with van der Waals surface area (Å²) in [6.45, 7) is 2.24. The first-order valence-electron chi connectivity index (χ1n) is 5.86. The van der Waals surface area contributed by atoms with Gasteiger partial charge < -0.3 is 10.2 Å². The van der Waals surface area contributed by atoms with Gasteiger partial charge >= 0.3 is 0 Å². The normalized spacial score (nSPS) is 27.2. The van der Waals surface area contributed by atoms with Gasteiger partial charge in [0, 0.05) is 44.2 Å². The van der Waals surface area contributed by atoms with Gasteiger partial charge in [0.25, 0.3) is 10.2 Å². The molecule has 2 fully saturated rings. The van der Waals surface area contributed by atoms with Crippen LogP contribution >= 0.6 is 11.8 Å². The number of hydrogen-bond acceptors (Lipinski definition) is 5. The maximum absolute atomic E-state index is 12.2. The molecule has 0 saturated carbocycles. The Hall–Kier alpha value is -0.350. The number of carbonyl (C=O) groups is 1. The van der Waals surface area contributed by atoms with E-state index in [-0.39, 0.29) is 25.0 Å². The molecule has 18 heavy (non-hydrogen) atoms. The van der Waals surface area contributed by atoms with Crippen LogP contribution in [0.1, 0.15) is 0 Å². The third-order valence-corrected chi connectivity index (χ3v) is 5.28. The van der Waals surface area contributed by atoms with Crippen molar-refractivity contribution in [1.29, 1.82) is 0 Å². The van der Waals surface area contributed by atoms with Gasteiger partial charge in [0.15, 0.2) is 0 Å². The zero-order valence-electron chi connectivity index (χ0n) is 10.0. The molecule has 0 radical (unpaired) electrons. The van der Waals surface area contributed by atoms with E-state index in [0.29, 0.717) is 13.1 Å². The molecule has 1 amide bonds. The number of thioether (sulfide) groups is 1. The van der Waals surface area contributed by atoms with Crippen LogP contribution in [0.5, 0.6) is 0 Å². The molecule has 0 bridgehead atoms. The van der Waals surface area contributed by atoms with E-state index in [1.54, 1.807) is 16.7 Å². The second kappa shape index (κ2) is 5.74. The van der Waals surface area contributed by atoms with E-state index in [2.05, 4.69) is 5.32 Å². The number of amides is 1. The lowest BCUT2D eigenvalue weighted by Crippen LogP contribution is -2.57. The molecule has 7 nitrogen and oxygen atoms in total. The van der Waals surface area contributed by atoms with Crippen molar-refractivity contribution in [2.45, 2.75) is 6.04 Å². The second-order valence-corrected chi connectivity index (χ2v) is 7.05. The van der Waals surface area contributed by atoms with E-state index in [4.69, 9.17) is 5.14 Å². The van der Waals surface area contributed by atoms with E-state index in [1.807, 2.05) is 0 Å². The fraction of sp³-hybridized carbons (Fsp3) is 0.889. The maximum Gasteiger partial charge on any atom is 0.277 e. The lowest BCUT2D eigenvalue weighted by Gasteiger charge is -2.35. The molecular weight excluding hydrogens is 276 g/mol. The van der Waals surface area contributed by atoms with E-state index >= 15 is 0 Å². The van der Waals surface area contributed by atoms with Crippen molar-refractivity contribution in [1.82, 2.24) is 14.5 Å². The molecule has 2 aliphatic heterocycles. The average Bonchev–Trinajstić information content (AvgIpc) is 2.38. The third-order valence-electron chi connectivity index (χ3n) is 3.13. The molecular formula is C9H18N4O3S2. The summed E-state index contributed by atoms with van der Waals surface area (Å²) in [6.07, 6.45) is 0. The standard InChI is InChI=1S/C9H18N4O3S2/c10-18(15,16)13-4-2-12(3-5-13)9(14)8-7-17-6-1-11-8/h8,11H,1-7H2,(H2,10,15,16). The average molecular weight is 294 g/mol. The molecule has 0 aromatic rings. The predicted octanol–water partition coefficient (Wildman–Crippen LogP) is -1.96. The first kappa shape index (κ1) is 14.1. The van der Waals surface area contributed by atoms with Gasteiger partial charge in [-0.2, -0.15) is 24.5 Å². The molecule has 2 aliphatic rings. The Kier molecular flexibility index (Phi) is 4.49. The Morgan fingerprint density at radius 1 is 1.28 bits per heavy atom. The molecule has 0 aromatic carbocycles. The predicted molar refractivity (Wildman–Crippen MR) is 70.4 cm³/mol. The summed E-state index contributed by atoms with van der Waals surface area (Å²) in [7, 11) is -3.62. The van der Waals surface area contributed by atoms with Gasteiger partial charge in [0.1, 0.15) is 0 Å². The SMILES string of the molecule is NS(=O)(=O)N1CCN(C(=O)C2CSCCN2)CC1. The molecule has 9 heteroatoms. The fourth-order valence-electron chi connectivity index (χ4n) is 2.11. The molecule has 0 spiro atoms. The highest BCUT2D eigenvalue weighted by atomic mass is 32.2. The van der Waals surface area contributed by atoms with Crippen LogP contribution < -0.4 is 10.5 Å². The van der Waals surface area contributed by atoms with Gasteiger partial charge in [-0.25, -0.2) is 5.14 Å². The van der Waals surface area contributed by atoms with Crippen molar-refractivity contribution in [3.8, 4) is 0 Å². The van der Waals surface area contributed by atoms with E-state index < -0.39 is 10.2 Å². The summed E-state index contributed by atoms with van der Waals surface area (Å²) in [6, 6.07) is -0.134. The first-order chi connectivity index (χ1) is 8.48. The molecule has 0 aromatic heterocycles. The number of carbonyl (C=O) groups excluding carboxylic acids is 1. The number of nitrogens with two attached hydrogens (primary N) is 1. The smallest absolute Gasteiger partial charge is 0.277 e. The van der Waals surface area contributed by atoms with Crippen molar-refractivity contribution in [3.63, 3.8) is 0 Å². The summed E-state index contributed by atoms with van der Waals surface area (Å²) < 4.78 is 23.5. The molecule has 104 valence electrons. The minimum absolute atomic E-state index is 0.0660. The van der Waals surface area contributed by atoms with Crippen LogP contribution in [-0.4, -0.2) is 73.8 Å². The van der Waals surface area contributed by atoms with Gasteiger partial charge in [-0.05, 0) is 0 Å². The minimum atomic E-state index is -3.62. The number of nitrogens with one attached hydrogen (secondary N) is 1. The Morgan fingerprint density at radius 2 is 1.94 bits per heavy atom. The molecule has 0 aliphatic carbocycles. The first-order valence-corrected chi connectivity index (χ1v) is 8.52. The van der Waals surface area contributed by atoms with Crippen LogP contribution in [-0.2, 0) is 15.0 Å². The zero-order valence-corrected chi connectivity index (χ0v) is 11.7. The monoisotopic (exact) mass is 294 g/mol. The Balaban J connectivity index is 1.87. The fourth-order valence-corrected chi connectivity index (χ4v) is 3.70. The summed E-state index contributed by atoms with van der Waals surface area (Å²) in [4.78, 5) is 13.9. The number of rotatable bonds is 2. The maximum atomic E-state index is 12.2. The summed E-state index contributed by atoms with van der Waals surface area (Å²) >= 11 is 1.76. The molecule has 2 rings (SSSR count). The van der Waals surface area contributed by atoms with Crippen LogP contribution in [0.3, 0.4) is 0 Å². The Morgan fingerprint density at radius 3 is 2.44 bits per heavy atom. The van der Waals surface area contributed by atoms with Crippen molar-refractivity contribution in [2.75, 3.05) is 44.2 Å². The van der Waals surface area contributed by atoms with Gasteiger partial charge in [0.2, 0.25) is 5.91 Å². The molecule has 3 N–H and O–H groups in total. The van der Waals surface area contributed by atoms with Gasteiger partial charge in [-0.1, -0.05) is 0 Å². The molecule has 2 heterocycles. The van der Waals surface area contributed by atoms with Crippen LogP contribution in [0.15, 0.2) is 0 Å². The van der Waals surface area contributed by atoms with E-state index in [0.717, 1.165) is 18.1 Å². The Bertz CT molecular complexity index is 400. The van der Waals surface area contributed by atoms with Crippen LogP contribution in [0.2, 0.25) is 0 Å². The third kappa shape index (κ3) is 3.35. The number of hydrogen-bond donors (Lipinski definition) is 2. The van der Waals surface area contributed by atoms with Crippen molar-refractivity contribution in [2.24, 2.45) is 5.14 Å². The zero-order chi connectivity index (χ0) is 13.2. The second-order valence-electron chi connectivity index (χ2n) is 4.35. The van der Waals surface area contributed by atoms with Crippen molar-refractivity contribution in [3.05, 3.63) is 0 Å². The molecule has 1 atom stereocenters. The van der Waals surface area contributed by atoms with E-state index in [9.17, 15) is 13.2 Å².